The molecule has 0 bridgehead atoms. The zero-order chi connectivity index (χ0) is 27.1. The first-order valence-electron chi connectivity index (χ1n) is 13.3. The van der Waals surface area contributed by atoms with Crippen LogP contribution in [0.1, 0.15) is 52.0 Å². The molecule has 4 heterocycles. The smallest absolute Gasteiger partial charge is 0.327 e. The van der Waals surface area contributed by atoms with Gasteiger partial charge in [0.15, 0.2) is 11.6 Å². The third-order valence-electron chi connectivity index (χ3n) is 7.14. The number of nitrogens with one attached hydrogen (secondary N) is 1. The number of amides is 2. The van der Waals surface area contributed by atoms with Gasteiger partial charge >= 0.3 is 6.03 Å². The molecule has 3 fully saturated rings. The molecule has 2 saturated carbocycles. The number of carbonyl (C=O) groups excluding carboxylic acids is 1. The predicted octanol–water partition coefficient (Wildman–Crippen LogP) is 5.03. The summed E-state index contributed by atoms with van der Waals surface area (Å²) in [6.45, 7) is 4.45. The van der Waals surface area contributed by atoms with Crippen LogP contribution in [0, 0.1) is 0 Å². The van der Waals surface area contributed by atoms with Crippen molar-refractivity contribution < 1.29 is 19.0 Å². The lowest BCUT2D eigenvalue weighted by atomic mass is 9.91. The van der Waals surface area contributed by atoms with Crippen LogP contribution in [0.25, 0.3) is 11.3 Å². The van der Waals surface area contributed by atoms with E-state index >= 15 is 0 Å². The fraction of sp³-hybridized carbons (Fsp3) is 0.481. The zero-order valence-electron chi connectivity index (χ0n) is 22.0. The Hall–Kier alpha value is -3.41. The molecular weight excluding hydrogens is 522 g/mol. The Morgan fingerprint density at radius 3 is 2.82 bits per heavy atom. The normalized spacial score (nSPS) is 20.4. The fourth-order valence-electron chi connectivity index (χ4n) is 4.74. The average Bonchev–Trinajstić information content (AvgIpc) is 3.49. The number of anilines is 3. The molecule has 2 amide bonds. The van der Waals surface area contributed by atoms with E-state index in [1.165, 1.54) is 0 Å². The Balaban J connectivity index is 1.21. The summed E-state index contributed by atoms with van der Waals surface area (Å²) < 4.78 is 19.1. The number of urea groups is 1. The zero-order valence-corrected chi connectivity index (χ0v) is 22.7. The van der Waals surface area contributed by atoms with Crippen molar-refractivity contribution >= 4 is 34.8 Å². The van der Waals surface area contributed by atoms with Crippen LogP contribution in [0.4, 0.5) is 22.0 Å². The Morgan fingerprint density at radius 1 is 1.31 bits per heavy atom. The summed E-state index contributed by atoms with van der Waals surface area (Å²) in [6, 6.07) is 5.10. The molecule has 2 aliphatic carbocycles. The van der Waals surface area contributed by atoms with Crippen LogP contribution in [-0.4, -0.2) is 56.9 Å². The maximum atomic E-state index is 13.7. The molecule has 3 aromatic rings. The summed E-state index contributed by atoms with van der Waals surface area (Å²) in [7, 11) is 0. The predicted molar refractivity (Wildman–Crippen MR) is 147 cm³/mol. The molecule has 0 radical (unpaired) electrons. The highest BCUT2D eigenvalue weighted by atomic mass is 35.5. The van der Waals surface area contributed by atoms with Gasteiger partial charge in [0.05, 0.1) is 35.2 Å². The van der Waals surface area contributed by atoms with Crippen molar-refractivity contribution in [2.24, 2.45) is 0 Å². The largest absolute Gasteiger partial charge is 0.475 e. The Kier molecular flexibility index (Phi) is 6.82. The van der Waals surface area contributed by atoms with Crippen molar-refractivity contribution in [2.45, 2.75) is 69.9 Å². The van der Waals surface area contributed by atoms with Crippen LogP contribution >= 0.6 is 11.6 Å². The first-order valence-corrected chi connectivity index (χ1v) is 13.6. The third kappa shape index (κ3) is 5.66. The number of hydrogen-bond donors (Lipinski definition) is 2. The minimum atomic E-state index is -0.628. The molecule has 12 heteroatoms. The van der Waals surface area contributed by atoms with Gasteiger partial charge in [0.1, 0.15) is 12.7 Å². The van der Waals surface area contributed by atoms with Crippen molar-refractivity contribution in [2.75, 3.05) is 29.2 Å². The monoisotopic (exact) mass is 553 g/mol. The third-order valence-corrected chi connectivity index (χ3v) is 7.43. The summed E-state index contributed by atoms with van der Waals surface area (Å²) >= 11 is 6.56. The van der Waals surface area contributed by atoms with Crippen LogP contribution < -0.4 is 20.7 Å². The molecule has 3 aliphatic rings. The minimum absolute atomic E-state index is 0.0246. The topological polar surface area (TPSA) is 130 Å². The lowest BCUT2D eigenvalue weighted by Crippen LogP contribution is -2.47. The van der Waals surface area contributed by atoms with E-state index in [4.69, 9.17) is 36.5 Å². The minimum Gasteiger partial charge on any atom is -0.475 e. The molecule has 1 aliphatic heterocycles. The highest BCUT2D eigenvalue weighted by molar-refractivity contribution is 6.33. The van der Waals surface area contributed by atoms with Gasteiger partial charge in [-0.2, -0.15) is 5.10 Å². The van der Waals surface area contributed by atoms with Gasteiger partial charge in [-0.25, -0.2) is 14.8 Å². The number of nitrogens with zero attached hydrogens (tertiary/aromatic N) is 5. The lowest BCUT2D eigenvalue weighted by Gasteiger charge is -2.37. The number of nitrogens with two attached hydrogens (primary N) is 1. The number of ether oxygens (including phenoxy) is 3. The summed E-state index contributed by atoms with van der Waals surface area (Å²) in [5.41, 5.74) is 8.59. The molecule has 0 aromatic carbocycles. The van der Waals surface area contributed by atoms with E-state index in [0.717, 1.165) is 37.7 Å². The van der Waals surface area contributed by atoms with Crippen molar-refractivity contribution in [3.63, 3.8) is 0 Å². The highest BCUT2D eigenvalue weighted by Crippen LogP contribution is 2.39. The van der Waals surface area contributed by atoms with Crippen LogP contribution in [0.3, 0.4) is 0 Å². The van der Waals surface area contributed by atoms with Crippen LogP contribution in [0.2, 0.25) is 5.02 Å². The number of rotatable bonds is 8. The average molecular weight is 554 g/mol. The number of carbonyl (C=O) groups is 1. The molecule has 1 atom stereocenters. The van der Waals surface area contributed by atoms with Crippen LogP contribution in [0.5, 0.6) is 5.88 Å². The van der Waals surface area contributed by atoms with Crippen LogP contribution in [-0.2, 0) is 9.47 Å². The van der Waals surface area contributed by atoms with Gasteiger partial charge in [-0.05, 0) is 58.1 Å². The number of hydrogen-bond acceptors (Lipinski definition) is 8. The first-order chi connectivity index (χ1) is 18.8. The summed E-state index contributed by atoms with van der Waals surface area (Å²) in [5, 5.41) is 7.84. The molecule has 0 unspecified atom stereocenters. The second kappa shape index (κ2) is 10.3. The Bertz CT molecular complexity index is 1370. The number of aromatic nitrogens is 4. The second-order valence-corrected chi connectivity index (χ2v) is 11.1. The standard InChI is InChI=1S/C27H32ClN7O4/c1-27(2)38-15-20(39-27)14-37-23-10-17(8-9-30-23)32-26(36)35(19-4-3-5-19)25-22(29)11-21(28)24(33-25)16-12-31-34(13-16)18-6-7-18/h8-13,18-20H,3-7,14-15,29H2,1-2H3,(H,30,32,36)/t20-/m1/s1. The Morgan fingerprint density at radius 2 is 2.13 bits per heavy atom. The second-order valence-electron chi connectivity index (χ2n) is 10.7. The molecule has 0 spiro atoms. The van der Waals surface area contributed by atoms with E-state index in [2.05, 4.69) is 15.4 Å². The van der Waals surface area contributed by atoms with Crippen molar-refractivity contribution in [3.8, 4) is 17.1 Å². The number of halogens is 1. The number of nitrogen functional groups attached to an aromatic ring is 1. The van der Waals surface area contributed by atoms with E-state index in [1.807, 2.05) is 24.7 Å². The molecule has 3 aromatic heterocycles. The molecule has 6 rings (SSSR count). The van der Waals surface area contributed by atoms with Gasteiger partial charge in [0.25, 0.3) is 0 Å². The van der Waals surface area contributed by atoms with Crippen LogP contribution in [0.15, 0.2) is 36.8 Å². The summed E-state index contributed by atoms with van der Waals surface area (Å²) in [4.78, 5) is 24.3. The van der Waals surface area contributed by atoms with E-state index in [9.17, 15) is 4.79 Å². The molecule has 3 N–H and O–H groups in total. The SMILES string of the molecule is CC1(C)OC[C@@H](COc2cc(NC(=O)N(c3nc(-c4cnn(C5CC5)c4)c(Cl)cc3N)C3CCC3)ccn2)O1. The number of pyridine rings is 2. The lowest BCUT2D eigenvalue weighted by molar-refractivity contribution is -0.141. The van der Waals surface area contributed by atoms with E-state index < -0.39 is 5.79 Å². The first kappa shape index (κ1) is 25.8. The molecule has 1 saturated heterocycles. The Labute approximate surface area is 231 Å². The van der Waals surface area contributed by atoms with E-state index in [0.29, 0.717) is 46.4 Å². The van der Waals surface area contributed by atoms with Crippen molar-refractivity contribution in [1.82, 2.24) is 19.7 Å². The van der Waals surface area contributed by atoms with Gasteiger partial charge in [-0.3, -0.25) is 9.58 Å². The molecule has 39 heavy (non-hydrogen) atoms. The van der Waals surface area contributed by atoms with Gasteiger partial charge in [0.2, 0.25) is 5.88 Å². The molecule has 11 nitrogen and oxygen atoms in total. The highest BCUT2D eigenvalue weighted by Gasteiger charge is 2.34. The van der Waals surface area contributed by atoms with E-state index in [-0.39, 0.29) is 24.8 Å². The van der Waals surface area contributed by atoms with Gasteiger partial charge in [0, 0.05) is 35.8 Å². The maximum Gasteiger partial charge on any atom is 0.327 e. The quantitative estimate of drug-likeness (QED) is 0.397. The van der Waals surface area contributed by atoms with E-state index in [1.54, 1.807) is 35.5 Å². The fourth-order valence-corrected chi connectivity index (χ4v) is 5.01. The van der Waals surface area contributed by atoms with Crippen molar-refractivity contribution in [3.05, 3.63) is 41.8 Å². The molecular formula is C27H32ClN7O4. The summed E-state index contributed by atoms with van der Waals surface area (Å²) in [6.07, 6.45) is 10.1. The van der Waals surface area contributed by atoms with Gasteiger partial charge < -0.3 is 25.3 Å². The van der Waals surface area contributed by atoms with Gasteiger partial charge in [-0.1, -0.05) is 11.6 Å². The van der Waals surface area contributed by atoms with Gasteiger partial charge in [-0.15, -0.1) is 0 Å². The van der Waals surface area contributed by atoms with Crippen molar-refractivity contribution in [1.29, 1.82) is 0 Å². The molecule has 206 valence electrons. The summed E-state index contributed by atoms with van der Waals surface area (Å²) in [5.74, 6) is 0.120. The maximum absolute atomic E-state index is 13.7.